The molecule has 0 saturated heterocycles. The van der Waals surface area contributed by atoms with Crippen LogP contribution in [0.2, 0.25) is 0 Å². The highest BCUT2D eigenvalue weighted by atomic mass is 16.2. The molecule has 1 aliphatic rings. The second-order valence-corrected chi connectivity index (χ2v) is 4.71. The number of aryl methyl sites for hydroxylation is 1. The molecule has 0 aliphatic carbocycles. The zero-order chi connectivity index (χ0) is 12.5. The van der Waals surface area contributed by atoms with E-state index in [0.29, 0.717) is 6.54 Å². The van der Waals surface area contributed by atoms with Crippen molar-refractivity contribution in [3.63, 3.8) is 0 Å². The van der Waals surface area contributed by atoms with Crippen LogP contribution in [0.1, 0.15) is 24.2 Å². The van der Waals surface area contributed by atoms with Crippen LogP contribution in [0.25, 0.3) is 0 Å². The third-order valence-corrected chi connectivity index (χ3v) is 3.34. The van der Waals surface area contributed by atoms with E-state index in [0.717, 1.165) is 42.9 Å². The normalized spacial score (nSPS) is 14.4. The van der Waals surface area contributed by atoms with Gasteiger partial charge in [-0.1, -0.05) is 12.1 Å². The fraction of sp³-hybridized carbons (Fsp3) is 0.385. The average molecular weight is 244 g/mol. The molecule has 0 spiro atoms. The van der Waals surface area contributed by atoms with Crippen molar-refractivity contribution in [3.05, 3.63) is 46.1 Å². The predicted molar refractivity (Wildman–Crippen MR) is 69.4 cm³/mol. The molecule has 18 heavy (non-hydrogen) atoms. The monoisotopic (exact) mass is 244 g/mol. The van der Waals surface area contributed by atoms with Crippen molar-refractivity contribution in [3.8, 4) is 0 Å². The second kappa shape index (κ2) is 4.33. The first-order valence-corrected chi connectivity index (χ1v) is 6.25. The fourth-order valence-corrected chi connectivity index (χ4v) is 2.35. The van der Waals surface area contributed by atoms with Gasteiger partial charge in [0, 0.05) is 18.7 Å². The van der Waals surface area contributed by atoms with Crippen LogP contribution in [0.15, 0.2) is 29.1 Å². The van der Waals surface area contributed by atoms with E-state index in [4.69, 9.17) is 5.73 Å². The van der Waals surface area contributed by atoms with E-state index in [1.165, 1.54) is 0 Å². The fourth-order valence-electron chi connectivity index (χ4n) is 2.35. The van der Waals surface area contributed by atoms with Gasteiger partial charge < -0.3 is 5.73 Å². The Balaban J connectivity index is 1.91. The van der Waals surface area contributed by atoms with Gasteiger partial charge in [0.15, 0.2) is 0 Å². The van der Waals surface area contributed by atoms with Crippen molar-refractivity contribution < 1.29 is 0 Å². The van der Waals surface area contributed by atoms with Crippen molar-refractivity contribution >= 4 is 5.69 Å². The minimum atomic E-state index is 0.00141. The van der Waals surface area contributed by atoms with Gasteiger partial charge in [-0.05, 0) is 30.5 Å². The van der Waals surface area contributed by atoms with Crippen molar-refractivity contribution in [2.75, 3.05) is 5.73 Å². The third kappa shape index (κ3) is 1.92. The molecular weight excluding hydrogens is 228 g/mol. The number of hydrogen-bond donors (Lipinski definition) is 1. The molecule has 1 aromatic heterocycles. The Labute approximate surface area is 105 Å². The van der Waals surface area contributed by atoms with Gasteiger partial charge in [0.1, 0.15) is 5.82 Å². The van der Waals surface area contributed by atoms with Gasteiger partial charge in [0.25, 0.3) is 0 Å². The summed E-state index contributed by atoms with van der Waals surface area (Å²) in [5, 5.41) is 4.40. The van der Waals surface area contributed by atoms with Gasteiger partial charge in [0.2, 0.25) is 0 Å². The molecule has 0 fully saturated rings. The molecule has 94 valence electrons. The molecular formula is C13H16N4O. The molecule has 5 heteroatoms. The topological polar surface area (TPSA) is 65.8 Å². The molecule has 1 aromatic carbocycles. The van der Waals surface area contributed by atoms with Gasteiger partial charge in [-0.2, -0.15) is 5.10 Å². The Morgan fingerprint density at radius 1 is 1.22 bits per heavy atom. The summed E-state index contributed by atoms with van der Waals surface area (Å²) in [6.07, 6.45) is 3.10. The first-order chi connectivity index (χ1) is 8.74. The highest BCUT2D eigenvalue weighted by Crippen LogP contribution is 2.11. The van der Waals surface area contributed by atoms with Gasteiger partial charge in [-0.15, -0.1) is 0 Å². The number of nitrogens with zero attached hydrogens (tertiary/aromatic N) is 3. The Hall–Kier alpha value is -2.04. The summed E-state index contributed by atoms with van der Waals surface area (Å²) >= 11 is 0. The standard InChI is InChI=1S/C13H16N4O/c14-11-6-4-10(5-7-11)9-17-13(18)16-8-2-1-3-12(16)15-17/h4-7H,1-3,8-9,14H2. The van der Waals surface area contributed by atoms with Crippen LogP contribution in [-0.2, 0) is 19.5 Å². The van der Waals surface area contributed by atoms with Crippen LogP contribution in [-0.4, -0.2) is 14.3 Å². The first-order valence-electron chi connectivity index (χ1n) is 6.25. The van der Waals surface area contributed by atoms with E-state index in [2.05, 4.69) is 5.10 Å². The molecule has 3 rings (SSSR count). The second-order valence-electron chi connectivity index (χ2n) is 4.71. The zero-order valence-electron chi connectivity index (χ0n) is 10.2. The minimum absolute atomic E-state index is 0.00141. The van der Waals surface area contributed by atoms with E-state index >= 15 is 0 Å². The predicted octanol–water partition coefficient (Wildman–Crippen LogP) is 1.01. The number of hydrogen-bond acceptors (Lipinski definition) is 3. The lowest BCUT2D eigenvalue weighted by Gasteiger charge is -2.09. The van der Waals surface area contributed by atoms with Gasteiger partial charge in [-0.3, -0.25) is 4.57 Å². The van der Waals surface area contributed by atoms with E-state index < -0.39 is 0 Å². The van der Waals surface area contributed by atoms with Crippen molar-refractivity contribution in [1.29, 1.82) is 0 Å². The van der Waals surface area contributed by atoms with Crippen LogP contribution in [0.5, 0.6) is 0 Å². The smallest absolute Gasteiger partial charge is 0.346 e. The molecule has 1 aliphatic heterocycles. The summed E-state index contributed by atoms with van der Waals surface area (Å²) in [4.78, 5) is 12.1. The summed E-state index contributed by atoms with van der Waals surface area (Å²) in [6, 6.07) is 7.55. The number of benzene rings is 1. The van der Waals surface area contributed by atoms with Gasteiger partial charge in [0.05, 0.1) is 6.54 Å². The Morgan fingerprint density at radius 2 is 2.00 bits per heavy atom. The molecule has 0 unspecified atom stereocenters. The molecule has 0 atom stereocenters. The quantitative estimate of drug-likeness (QED) is 0.802. The molecule has 5 nitrogen and oxygen atoms in total. The summed E-state index contributed by atoms with van der Waals surface area (Å²) in [7, 11) is 0. The van der Waals surface area contributed by atoms with Crippen molar-refractivity contribution in [2.45, 2.75) is 32.4 Å². The SMILES string of the molecule is Nc1ccc(Cn2nc3n(c2=O)CCCC3)cc1. The molecule has 0 saturated carbocycles. The van der Waals surface area contributed by atoms with Crippen LogP contribution in [0.4, 0.5) is 5.69 Å². The van der Waals surface area contributed by atoms with E-state index in [1.807, 2.05) is 24.3 Å². The van der Waals surface area contributed by atoms with E-state index in [9.17, 15) is 4.79 Å². The number of fused-ring (bicyclic) bond motifs is 1. The van der Waals surface area contributed by atoms with E-state index in [1.54, 1.807) is 9.25 Å². The Morgan fingerprint density at radius 3 is 2.72 bits per heavy atom. The summed E-state index contributed by atoms with van der Waals surface area (Å²) in [6.45, 7) is 1.31. The molecule has 2 heterocycles. The number of anilines is 1. The van der Waals surface area contributed by atoms with Crippen LogP contribution in [0.3, 0.4) is 0 Å². The molecule has 0 amide bonds. The van der Waals surface area contributed by atoms with Crippen LogP contribution in [0, 0.1) is 0 Å². The molecule has 2 aromatic rings. The summed E-state index contributed by atoms with van der Waals surface area (Å²) < 4.78 is 3.34. The van der Waals surface area contributed by atoms with Gasteiger partial charge >= 0.3 is 5.69 Å². The Kier molecular flexibility index (Phi) is 2.66. The summed E-state index contributed by atoms with van der Waals surface area (Å²) in [5.74, 6) is 0.918. The van der Waals surface area contributed by atoms with Crippen molar-refractivity contribution in [2.24, 2.45) is 0 Å². The summed E-state index contributed by atoms with van der Waals surface area (Å²) in [5.41, 5.74) is 7.42. The molecule has 0 bridgehead atoms. The van der Waals surface area contributed by atoms with Crippen LogP contribution < -0.4 is 11.4 Å². The third-order valence-electron chi connectivity index (χ3n) is 3.34. The minimum Gasteiger partial charge on any atom is -0.399 e. The largest absolute Gasteiger partial charge is 0.399 e. The lowest BCUT2D eigenvalue weighted by molar-refractivity contribution is 0.511. The van der Waals surface area contributed by atoms with E-state index in [-0.39, 0.29) is 5.69 Å². The maximum Gasteiger partial charge on any atom is 0.346 e. The maximum atomic E-state index is 12.1. The highest BCUT2D eigenvalue weighted by molar-refractivity contribution is 5.39. The number of rotatable bonds is 2. The number of nitrogens with two attached hydrogens (primary N) is 1. The lowest BCUT2D eigenvalue weighted by atomic mass is 10.2. The maximum absolute atomic E-state index is 12.1. The highest BCUT2D eigenvalue weighted by Gasteiger charge is 2.16. The number of nitrogen functional groups attached to an aromatic ring is 1. The van der Waals surface area contributed by atoms with Gasteiger partial charge in [-0.25, -0.2) is 9.48 Å². The molecule has 2 N–H and O–H groups in total. The lowest BCUT2D eigenvalue weighted by Crippen LogP contribution is -2.27. The molecule has 0 radical (unpaired) electrons. The number of aromatic nitrogens is 3. The van der Waals surface area contributed by atoms with Crippen LogP contribution >= 0.6 is 0 Å². The first kappa shape index (κ1) is 11.1. The zero-order valence-corrected chi connectivity index (χ0v) is 10.2. The average Bonchev–Trinajstić information content (AvgIpc) is 2.70. The van der Waals surface area contributed by atoms with Crippen molar-refractivity contribution in [1.82, 2.24) is 14.3 Å². The Bertz CT molecular complexity index is 609.